The third kappa shape index (κ3) is 2.84. The number of thiazole rings is 1. The highest BCUT2D eigenvalue weighted by Gasteiger charge is 2.27. The first-order chi connectivity index (χ1) is 11.3. The Balaban J connectivity index is 1.42. The molecule has 0 unspecified atom stereocenters. The number of nitrogens with zero attached hydrogens (tertiary/aromatic N) is 3. The molecular weight excluding hydrogens is 314 g/mol. The van der Waals surface area contributed by atoms with Crippen LogP contribution in [0, 0.1) is 0 Å². The number of carbonyl (C=O) groups excluding carboxylic acids is 1. The first-order valence-corrected chi connectivity index (χ1v) is 8.47. The van der Waals surface area contributed by atoms with E-state index >= 15 is 0 Å². The number of fused-ring (bicyclic) bond motifs is 1. The van der Waals surface area contributed by atoms with Crippen LogP contribution in [0.4, 0.5) is 5.13 Å². The fourth-order valence-electron chi connectivity index (χ4n) is 2.73. The minimum atomic E-state index is -0.0892. The van der Waals surface area contributed by atoms with Gasteiger partial charge >= 0.3 is 0 Å². The molecular formula is C16H17N3O3S. The van der Waals surface area contributed by atoms with Crippen LogP contribution in [0.1, 0.15) is 0 Å². The van der Waals surface area contributed by atoms with Crippen molar-refractivity contribution in [1.82, 2.24) is 9.88 Å². The van der Waals surface area contributed by atoms with Crippen LogP contribution in [-0.4, -0.2) is 55.2 Å². The lowest BCUT2D eigenvalue weighted by Gasteiger charge is -2.35. The summed E-state index contributed by atoms with van der Waals surface area (Å²) in [6.07, 6.45) is 1.42. The molecule has 4 rings (SSSR count). The molecule has 1 saturated heterocycles. The maximum Gasteiger partial charge on any atom is 0.292 e. The second kappa shape index (κ2) is 6.08. The molecule has 120 valence electrons. The zero-order valence-corrected chi connectivity index (χ0v) is 13.4. The minimum absolute atomic E-state index is 0.0892. The van der Waals surface area contributed by atoms with Crippen molar-refractivity contribution in [3.05, 3.63) is 36.3 Å². The van der Waals surface area contributed by atoms with E-state index in [0.29, 0.717) is 32.1 Å². The van der Waals surface area contributed by atoms with Crippen LogP contribution in [-0.2, 0) is 14.3 Å². The van der Waals surface area contributed by atoms with Gasteiger partial charge in [0, 0.05) is 26.2 Å². The standard InChI is InChI=1S/C16H17N3O3S/c20-15(13-11-21-9-10-22-13)18-5-7-19(8-6-18)16-17-12-3-1-2-4-14(12)23-16/h1-4,11H,5-10H2. The average Bonchev–Trinajstić information content (AvgIpc) is 3.06. The van der Waals surface area contributed by atoms with Gasteiger partial charge in [-0.15, -0.1) is 0 Å². The SMILES string of the molecule is O=C(C1=COCCO1)N1CCN(c2nc3ccccc3s2)CC1. The average molecular weight is 331 g/mol. The topological polar surface area (TPSA) is 54.9 Å². The Morgan fingerprint density at radius 3 is 2.70 bits per heavy atom. The van der Waals surface area contributed by atoms with Gasteiger partial charge in [-0.25, -0.2) is 4.98 Å². The van der Waals surface area contributed by atoms with E-state index in [0.717, 1.165) is 23.7 Å². The molecule has 1 fully saturated rings. The number of aromatic nitrogens is 1. The molecule has 2 aliphatic heterocycles. The molecule has 2 aliphatic rings. The van der Waals surface area contributed by atoms with Crippen LogP contribution in [0.2, 0.25) is 0 Å². The Kier molecular flexibility index (Phi) is 3.78. The van der Waals surface area contributed by atoms with Crippen molar-refractivity contribution in [1.29, 1.82) is 0 Å². The van der Waals surface area contributed by atoms with Crippen LogP contribution in [0.3, 0.4) is 0 Å². The number of amides is 1. The van der Waals surface area contributed by atoms with E-state index in [1.807, 2.05) is 23.1 Å². The molecule has 23 heavy (non-hydrogen) atoms. The van der Waals surface area contributed by atoms with Gasteiger partial charge in [0.2, 0.25) is 5.76 Å². The molecule has 1 amide bonds. The number of rotatable bonds is 2. The molecule has 0 N–H and O–H groups in total. The third-order valence-corrected chi connectivity index (χ3v) is 5.08. The Morgan fingerprint density at radius 1 is 1.13 bits per heavy atom. The van der Waals surface area contributed by atoms with Crippen molar-refractivity contribution in [2.45, 2.75) is 0 Å². The molecule has 0 saturated carbocycles. The predicted molar refractivity (Wildman–Crippen MR) is 88.4 cm³/mol. The van der Waals surface area contributed by atoms with Crippen molar-refractivity contribution < 1.29 is 14.3 Å². The van der Waals surface area contributed by atoms with Gasteiger partial charge in [0.05, 0.1) is 10.2 Å². The molecule has 1 aromatic heterocycles. The Labute approximate surface area is 137 Å². The van der Waals surface area contributed by atoms with E-state index in [1.165, 1.54) is 11.0 Å². The van der Waals surface area contributed by atoms with Crippen molar-refractivity contribution in [3.8, 4) is 0 Å². The Hall–Kier alpha value is -2.28. The van der Waals surface area contributed by atoms with E-state index in [4.69, 9.17) is 9.47 Å². The summed E-state index contributed by atoms with van der Waals surface area (Å²) >= 11 is 1.70. The van der Waals surface area contributed by atoms with E-state index in [9.17, 15) is 4.79 Å². The van der Waals surface area contributed by atoms with Gasteiger partial charge in [-0.2, -0.15) is 0 Å². The number of carbonyl (C=O) groups is 1. The van der Waals surface area contributed by atoms with Crippen LogP contribution < -0.4 is 4.90 Å². The number of hydrogen-bond acceptors (Lipinski definition) is 6. The summed E-state index contributed by atoms with van der Waals surface area (Å²) in [6.45, 7) is 3.82. The Morgan fingerprint density at radius 2 is 1.96 bits per heavy atom. The van der Waals surface area contributed by atoms with Gasteiger partial charge in [0.15, 0.2) is 5.13 Å². The number of benzene rings is 1. The lowest BCUT2D eigenvalue weighted by atomic mass is 10.3. The molecule has 0 radical (unpaired) electrons. The normalized spacial score (nSPS) is 18.3. The first kappa shape index (κ1) is 14.3. The zero-order chi connectivity index (χ0) is 15.6. The fourth-order valence-corrected chi connectivity index (χ4v) is 3.75. The number of anilines is 1. The summed E-state index contributed by atoms with van der Waals surface area (Å²) in [7, 11) is 0. The van der Waals surface area contributed by atoms with Crippen LogP contribution >= 0.6 is 11.3 Å². The quantitative estimate of drug-likeness (QED) is 0.840. The lowest BCUT2D eigenvalue weighted by Crippen LogP contribution is -2.49. The van der Waals surface area contributed by atoms with E-state index in [1.54, 1.807) is 11.3 Å². The summed E-state index contributed by atoms with van der Waals surface area (Å²) in [5, 5.41) is 1.02. The van der Waals surface area contributed by atoms with Crippen LogP contribution in [0.25, 0.3) is 10.2 Å². The second-order valence-corrected chi connectivity index (χ2v) is 6.45. The highest BCUT2D eigenvalue weighted by atomic mass is 32.1. The molecule has 0 aliphatic carbocycles. The van der Waals surface area contributed by atoms with Gasteiger partial charge in [-0.3, -0.25) is 4.79 Å². The minimum Gasteiger partial charge on any atom is -0.494 e. The molecule has 0 bridgehead atoms. The summed E-state index contributed by atoms with van der Waals surface area (Å²) < 4.78 is 11.7. The van der Waals surface area contributed by atoms with E-state index in [2.05, 4.69) is 16.0 Å². The molecule has 2 aromatic rings. The van der Waals surface area contributed by atoms with Gasteiger partial charge < -0.3 is 19.3 Å². The van der Waals surface area contributed by atoms with Gasteiger partial charge in [-0.1, -0.05) is 23.5 Å². The third-order valence-electron chi connectivity index (χ3n) is 3.98. The van der Waals surface area contributed by atoms with Crippen molar-refractivity contribution in [2.75, 3.05) is 44.3 Å². The maximum absolute atomic E-state index is 12.4. The van der Waals surface area contributed by atoms with Gasteiger partial charge in [-0.05, 0) is 12.1 Å². The van der Waals surface area contributed by atoms with Crippen molar-refractivity contribution >= 4 is 32.6 Å². The second-order valence-electron chi connectivity index (χ2n) is 5.44. The smallest absolute Gasteiger partial charge is 0.292 e. The number of para-hydroxylation sites is 1. The number of hydrogen-bond donors (Lipinski definition) is 0. The van der Waals surface area contributed by atoms with E-state index in [-0.39, 0.29) is 5.91 Å². The van der Waals surface area contributed by atoms with E-state index < -0.39 is 0 Å². The zero-order valence-electron chi connectivity index (χ0n) is 12.6. The highest BCUT2D eigenvalue weighted by Crippen LogP contribution is 2.29. The molecule has 7 heteroatoms. The summed E-state index contributed by atoms with van der Waals surface area (Å²) in [5.41, 5.74) is 1.03. The molecule has 6 nitrogen and oxygen atoms in total. The molecule has 0 atom stereocenters. The summed E-state index contributed by atoms with van der Waals surface area (Å²) in [4.78, 5) is 21.1. The first-order valence-electron chi connectivity index (χ1n) is 7.65. The predicted octanol–water partition coefficient (Wildman–Crippen LogP) is 1.83. The maximum atomic E-state index is 12.4. The molecule has 0 spiro atoms. The number of ether oxygens (including phenoxy) is 2. The largest absolute Gasteiger partial charge is 0.494 e. The van der Waals surface area contributed by atoms with Crippen LogP contribution in [0.5, 0.6) is 0 Å². The van der Waals surface area contributed by atoms with Crippen molar-refractivity contribution in [3.63, 3.8) is 0 Å². The fraction of sp³-hybridized carbons (Fsp3) is 0.375. The van der Waals surface area contributed by atoms with Gasteiger partial charge in [0.1, 0.15) is 19.5 Å². The summed E-state index contributed by atoms with van der Waals surface area (Å²) in [6, 6.07) is 8.15. The van der Waals surface area contributed by atoms with Crippen LogP contribution in [0.15, 0.2) is 36.3 Å². The monoisotopic (exact) mass is 331 g/mol. The highest BCUT2D eigenvalue weighted by molar-refractivity contribution is 7.22. The summed E-state index contributed by atoms with van der Waals surface area (Å²) in [5.74, 6) is 0.221. The Bertz CT molecular complexity index is 717. The lowest BCUT2D eigenvalue weighted by molar-refractivity contribution is -0.132. The molecule has 3 heterocycles. The van der Waals surface area contributed by atoms with Crippen molar-refractivity contribution in [2.24, 2.45) is 0 Å². The number of piperazine rings is 1. The van der Waals surface area contributed by atoms with Gasteiger partial charge in [0.25, 0.3) is 5.91 Å². The molecule has 1 aromatic carbocycles.